The first-order chi connectivity index (χ1) is 15.3. The van der Waals surface area contributed by atoms with Gasteiger partial charge >= 0.3 is 5.69 Å². The van der Waals surface area contributed by atoms with Crippen molar-refractivity contribution in [2.75, 3.05) is 0 Å². The van der Waals surface area contributed by atoms with Crippen LogP contribution in [-0.4, -0.2) is 20.5 Å². The summed E-state index contributed by atoms with van der Waals surface area (Å²) >= 11 is 18.1. The number of hydrogen-bond acceptors (Lipinski definition) is 4. The van der Waals surface area contributed by atoms with Crippen LogP contribution in [0, 0.1) is 0 Å². The maximum absolute atomic E-state index is 13.1. The lowest BCUT2D eigenvalue weighted by Crippen LogP contribution is -2.42. The molecular weight excluding hydrogens is 473 g/mol. The molecule has 3 aromatic rings. The van der Waals surface area contributed by atoms with E-state index in [4.69, 9.17) is 34.8 Å². The van der Waals surface area contributed by atoms with E-state index in [1.807, 2.05) is 37.3 Å². The molecule has 0 unspecified atom stereocenters. The maximum Gasteiger partial charge on any atom is 0.333 e. The Balaban J connectivity index is 2.07. The zero-order valence-corrected chi connectivity index (χ0v) is 19.7. The molecule has 0 spiro atoms. The normalized spacial score (nSPS) is 11.4. The van der Waals surface area contributed by atoms with Gasteiger partial charge in [-0.05, 0) is 30.5 Å². The van der Waals surface area contributed by atoms with Crippen molar-refractivity contribution in [1.82, 2.24) is 9.13 Å². The van der Waals surface area contributed by atoms with Gasteiger partial charge in [0, 0.05) is 19.3 Å². The third-order valence-electron chi connectivity index (χ3n) is 4.96. The van der Waals surface area contributed by atoms with Crippen molar-refractivity contribution in [3.63, 3.8) is 0 Å². The van der Waals surface area contributed by atoms with Crippen LogP contribution in [-0.2, 0) is 19.5 Å². The summed E-state index contributed by atoms with van der Waals surface area (Å²) in [6.45, 7) is 2.42. The molecule has 0 aliphatic rings. The first kappa shape index (κ1) is 24.1. The number of rotatable bonds is 8. The summed E-state index contributed by atoms with van der Waals surface area (Å²) in [6, 6.07) is 12.4. The average Bonchev–Trinajstić information content (AvgIpc) is 2.77. The molecule has 168 valence electrons. The van der Waals surface area contributed by atoms with Gasteiger partial charge in [-0.2, -0.15) is 0 Å². The van der Waals surface area contributed by atoms with Gasteiger partial charge in [-0.1, -0.05) is 78.5 Å². The number of halogens is 3. The maximum atomic E-state index is 13.1. The zero-order chi connectivity index (χ0) is 23.3. The lowest BCUT2D eigenvalue weighted by atomic mass is 10.1. The molecule has 1 aromatic heterocycles. The van der Waals surface area contributed by atoms with Gasteiger partial charge in [0.15, 0.2) is 0 Å². The van der Waals surface area contributed by atoms with Gasteiger partial charge in [0.1, 0.15) is 5.56 Å². The van der Waals surface area contributed by atoms with Crippen molar-refractivity contribution in [3.05, 3.63) is 89.5 Å². The van der Waals surface area contributed by atoms with Gasteiger partial charge in [0.2, 0.25) is 5.88 Å². The van der Waals surface area contributed by atoms with Crippen molar-refractivity contribution >= 4 is 46.7 Å². The van der Waals surface area contributed by atoms with E-state index in [9.17, 15) is 14.7 Å². The van der Waals surface area contributed by atoms with Crippen molar-refractivity contribution in [2.24, 2.45) is 4.99 Å². The number of aromatic nitrogens is 2. The predicted molar refractivity (Wildman–Crippen MR) is 130 cm³/mol. The first-order valence-electron chi connectivity index (χ1n) is 10.1. The molecule has 6 nitrogen and oxygen atoms in total. The fourth-order valence-electron chi connectivity index (χ4n) is 3.17. The van der Waals surface area contributed by atoms with Crippen LogP contribution in [0.2, 0.25) is 15.1 Å². The number of aliphatic imine (C=N–C) groups is 1. The van der Waals surface area contributed by atoms with E-state index >= 15 is 0 Å². The third-order valence-corrected chi connectivity index (χ3v) is 5.98. The fourth-order valence-corrected chi connectivity index (χ4v) is 3.76. The van der Waals surface area contributed by atoms with Crippen molar-refractivity contribution in [1.29, 1.82) is 0 Å². The van der Waals surface area contributed by atoms with Crippen LogP contribution in [0.1, 0.15) is 30.9 Å². The highest BCUT2D eigenvalue weighted by Crippen LogP contribution is 2.34. The standard InChI is InChI=1S/C23H22Cl3N3O3/c1-2-3-10-28-21(30)16(14-27-20-13-18(25)17(24)12-19(20)26)22(31)29(23(28)32)11-9-15-7-5-4-6-8-15/h4-8,12-14,30H,2-3,9-11H2,1H3. The lowest BCUT2D eigenvalue weighted by molar-refractivity contribution is 0.382. The number of unbranched alkanes of at least 4 members (excludes halogenated alkanes) is 1. The Morgan fingerprint density at radius 2 is 1.66 bits per heavy atom. The van der Waals surface area contributed by atoms with Gasteiger partial charge < -0.3 is 5.11 Å². The SMILES string of the molecule is CCCCn1c(O)c(C=Nc2cc(Cl)c(Cl)cc2Cl)c(=O)n(CCc2ccccc2)c1=O. The molecule has 0 aliphatic heterocycles. The smallest absolute Gasteiger partial charge is 0.333 e. The Bertz CT molecular complexity index is 1250. The Hall–Kier alpha value is -2.54. The molecule has 0 aliphatic carbocycles. The van der Waals surface area contributed by atoms with E-state index in [2.05, 4.69) is 4.99 Å². The van der Waals surface area contributed by atoms with Crippen LogP contribution in [0.3, 0.4) is 0 Å². The van der Waals surface area contributed by atoms with Crippen LogP contribution in [0.4, 0.5) is 5.69 Å². The molecule has 0 bridgehead atoms. The van der Waals surface area contributed by atoms with Crippen LogP contribution in [0.15, 0.2) is 57.0 Å². The summed E-state index contributed by atoms with van der Waals surface area (Å²) in [5.41, 5.74) is -0.0135. The van der Waals surface area contributed by atoms with Crippen LogP contribution in [0.5, 0.6) is 5.88 Å². The topological polar surface area (TPSA) is 76.6 Å². The molecule has 2 aromatic carbocycles. The summed E-state index contributed by atoms with van der Waals surface area (Å²) < 4.78 is 2.33. The summed E-state index contributed by atoms with van der Waals surface area (Å²) in [5.74, 6) is -0.427. The van der Waals surface area contributed by atoms with Crippen LogP contribution < -0.4 is 11.2 Å². The van der Waals surface area contributed by atoms with Gasteiger partial charge in [-0.15, -0.1) is 0 Å². The number of aryl methyl sites for hydroxylation is 1. The van der Waals surface area contributed by atoms with Crippen LogP contribution >= 0.6 is 34.8 Å². The summed E-state index contributed by atoms with van der Waals surface area (Å²) in [6.07, 6.45) is 3.17. The Morgan fingerprint density at radius 1 is 0.969 bits per heavy atom. The first-order valence-corrected chi connectivity index (χ1v) is 11.3. The van der Waals surface area contributed by atoms with E-state index in [-0.39, 0.29) is 39.4 Å². The Kier molecular flexibility index (Phi) is 8.18. The zero-order valence-electron chi connectivity index (χ0n) is 17.4. The van der Waals surface area contributed by atoms with Crippen molar-refractivity contribution < 1.29 is 5.11 Å². The minimum absolute atomic E-state index is 0.101. The molecule has 0 amide bonds. The largest absolute Gasteiger partial charge is 0.494 e. The van der Waals surface area contributed by atoms with Crippen LogP contribution in [0.25, 0.3) is 0 Å². The van der Waals surface area contributed by atoms with E-state index < -0.39 is 17.1 Å². The molecule has 1 heterocycles. The second-order valence-electron chi connectivity index (χ2n) is 7.19. The summed E-state index contributed by atoms with van der Waals surface area (Å²) in [5, 5.41) is 11.5. The number of aromatic hydroxyl groups is 1. The number of benzene rings is 2. The minimum Gasteiger partial charge on any atom is -0.494 e. The van der Waals surface area contributed by atoms with Gasteiger partial charge in [-0.3, -0.25) is 18.9 Å². The molecule has 0 saturated carbocycles. The van der Waals surface area contributed by atoms with E-state index in [1.54, 1.807) is 0 Å². The molecule has 1 N–H and O–H groups in total. The second-order valence-corrected chi connectivity index (χ2v) is 8.41. The molecule has 0 atom stereocenters. The van der Waals surface area contributed by atoms with E-state index in [0.29, 0.717) is 12.8 Å². The minimum atomic E-state index is -0.629. The highest BCUT2D eigenvalue weighted by Gasteiger charge is 2.18. The fraction of sp³-hybridized carbons (Fsp3) is 0.261. The highest BCUT2D eigenvalue weighted by atomic mass is 35.5. The van der Waals surface area contributed by atoms with E-state index in [0.717, 1.165) is 16.6 Å². The van der Waals surface area contributed by atoms with Gasteiger partial charge in [-0.25, -0.2) is 4.79 Å². The second kappa shape index (κ2) is 10.9. The summed E-state index contributed by atoms with van der Waals surface area (Å²) in [4.78, 5) is 30.3. The molecular formula is C23H22Cl3N3O3. The molecule has 9 heteroatoms. The highest BCUT2D eigenvalue weighted by molar-refractivity contribution is 6.44. The Morgan fingerprint density at radius 3 is 2.34 bits per heavy atom. The number of hydrogen-bond donors (Lipinski definition) is 1. The quantitative estimate of drug-likeness (QED) is 0.333. The van der Waals surface area contributed by atoms with Gasteiger partial charge in [0.25, 0.3) is 5.56 Å². The predicted octanol–water partition coefficient (Wildman–Crippen LogP) is 5.47. The average molecular weight is 495 g/mol. The van der Waals surface area contributed by atoms with Crippen molar-refractivity contribution in [2.45, 2.75) is 39.3 Å². The Labute approximate surface area is 200 Å². The van der Waals surface area contributed by atoms with Crippen molar-refractivity contribution in [3.8, 4) is 5.88 Å². The van der Waals surface area contributed by atoms with E-state index in [1.165, 1.54) is 22.9 Å². The lowest BCUT2D eigenvalue weighted by Gasteiger charge is -2.14. The monoisotopic (exact) mass is 493 g/mol. The third kappa shape index (κ3) is 5.44. The summed E-state index contributed by atoms with van der Waals surface area (Å²) in [7, 11) is 0. The molecule has 3 rings (SSSR count). The van der Waals surface area contributed by atoms with Gasteiger partial charge in [0.05, 0.1) is 20.8 Å². The molecule has 32 heavy (non-hydrogen) atoms. The number of nitrogens with zero attached hydrogens (tertiary/aromatic N) is 3. The molecule has 0 fully saturated rings. The molecule has 0 saturated heterocycles. The molecule has 0 radical (unpaired) electrons.